The molecule has 0 spiro atoms. The Morgan fingerprint density at radius 3 is 3.06 bits per heavy atom. The fourth-order valence-corrected chi connectivity index (χ4v) is 3.30. The average Bonchev–Trinajstić information content (AvgIpc) is 3.06. The lowest BCUT2D eigenvalue weighted by Gasteiger charge is -2.09. The molecule has 5 heteroatoms. The van der Waals surface area contributed by atoms with Crippen LogP contribution in [-0.4, -0.2) is 15.4 Å². The van der Waals surface area contributed by atoms with Crippen molar-refractivity contribution in [1.82, 2.24) is 14.7 Å². The monoisotopic (exact) mass is 277 g/mol. The second kappa shape index (κ2) is 5.38. The molecule has 2 aromatic rings. The molecular formula is C13H15N3S2. The Hall–Kier alpha value is -0.910. The minimum absolute atomic E-state index is 0.741. The Labute approximate surface area is 115 Å². The first-order chi connectivity index (χ1) is 8.81. The molecule has 1 heterocycles. The minimum Gasteiger partial charge on any atom is -0.310 e. The van der Waals surface area contributed by atoms with Crippen molar-refractivity contribution < 1.29 is 0 Å². The van der Waals surface area contributed by atoms with Crippen LogP contribution >= 0.6 is 23.3 Å². The lowest BCUT2D eigenvalue weighted by molar-refractivity contribution is 0.680. The van der Waals surface area contributed by atoms with Gasteiger partial charge in [-0.3, -0.25) is 0 Å². The van der Waals surface area contributed by atoms with Crippen LogP contribution in [0.15, 0.2) is 33.8 Å². The summed E-state index contributed by atoms with van der Waals surface area (Å²) in [7, 11) is 0. The largest absolute Gasteiger partial charge is 0.310 e. The van der Waals surface area contributed by atoms with Crippen LogP contribution in [0.4, 0.5) is 0 Å². The first-order valence-electron chi connectivity index (χ1n) is 6.09. The van der Waals surface area contributed by atoms with Gasteiger partial charge in [0.2, 0.25) is 0 Å². The highest BCUT2D eigenvalue weighted by Gasteiger charge is 2.20. The maximum atomic E-state index is 4.23. The molecule has 1 aromatic heterocycles. The number of aryl methyl sites for hydroxylation is 1. The first kappa shape index (κ1) is 12.1. The van der Waals surface area contributed by atoms with E-state index in [9.17, 15) is 0 Å². The smallest absolute Gasteiger partial charge is 0.174 e. The zero-order valence-corrected chi connectivity index (χ0v) is 11.9. The van der Waals surface area contributed by atoms with E-state index in [4.69, 9.17) is 0 Å². The molecule has 3 nitrogen and oxygen atoms in total. The highest BCUT2D eigenvalue weighted by molar-refractivity contribution is 8.01. The molecule has 0 atom stereocenters. The zero-order chi connectivity index (χ0) is 12.4. The molecule has 0 radical (unpaired) electrons. The van der Waals surface area contributed by atoms with E-state index in [0.29, 0.717) is 0 Å². The number of benzene rings is 1. The number of aromatic nitrogens is 2. The van der Waals surface area contributed by atoms with Crippen LogP contribution in [-0.2, 0) is 6.54 Å². The third-order valence-corrected chi connectivity index (χ3v) is 4.75. The van der Waals surface area contributed by atoms with Gasteiger partial charge in [0.15, 0.2) is 4.34 Å². The highest BCUT2D eigenvalue weighted by Crippen LogP contribution is 2.32. The van der Waals surface area contributed by atoms with E-state index in [0.717, 1.165) is 16.9 Å². The van der Waals surface area contributed by atoms with Gasteiger partial charge in [-0.2, -0.15) is 4.37 Å². The van der Waals surface area contributed by atoms with E-state index in [2.05, 4.69) is 39.8 Å². The van der Waals surface area contributed by atoms with Gasteiger partial charge in [0, 0.05) is 17.5 Å². The van der Waals surface area contributed by atoms with Gasteiger partial charge in [0.1, 0.15) is 6.33 Å². The van der Waals surface area contributed by atoms with Crippen molar-refractivity contribution in [2.75, 3.05) is 0 Å². The molecule has 94 valence electrons. The quantitative estimate of drug-likeness (QED) is 0.910. The third kappa shape index (κ3) is 3.10. The summed E-state index contributed by atoms with van der Waals surface area (Å²) in [5.74, 6) is 0. The molecule has 1 aromatic carbocycles. The second-order valence-corrected chi connectivity index (χ2v) is 6.64. The lowest BCUT2D eigenvalue weighted by atomic mass is 10.1. The molecule has 1 aliphatic carbocycles. The van der Waals surface area contributed by atoms with Crippen LogP contribution in [0.1, 0.15) is 24.0 Å². The van der Waals surface area contributed by atoms with Crippen molar-refractivity contribution in [3.63, 3.8) is 0 Å². The molecule has 0 saturated heterocycles. The number of rotatable bonds is 5. The Bertz CT molecular complexity index is 521. The summed E-state index contributed by atoms with van der Waals surface area (Å²) in [6.45, 7) is 3.09. The van der Waals surface area contributed by atoms with Gasteiger partial charge in [0.05, 0.1) is 0 Å². The molecule has 1 N–H and O–H groups in total. The maximum Gasteiger partial charge on any atom is 0.174 e. The number of nitrogens with zero attached hydrogens (tertiary/aromatic N) is 2. The molecule has 0 aliphatic heterocycles. The maximum absolute atomic E-state index is 4.23. The van der Waals surface area contributed by atoms with E-state index < -0.39 is 0 Å². The molecule has 0 amide bonds. The Morgan fingerprint density at radius 1 is 1.44 bits per heavy atom. The van der Waals surface area contributed by atoms with Gasteiger partial charge >= 0.3 is 0 Å². The molecular weight excluding hydrogens is 262 g/mol. The van der Waals surface area contributed by atoms with Gasteiger partial charge in [-0.1, -0.05) is 29.5 Å². The van der Waals surface area contributed by atoms with E-state index >= 15 is 0 Å². The van der Waals surface area contributed by atoms with Crippen LogP contribution < -0.4 is 5.32 Å². The fraction of sp³-hybridized carbons (Fsp3) is 0.385. The Morgan fingerprint density at radius 2 is 2.33 bits per heavy atom. The summed E-state index contributed by atoms with van der Waals surface area (Å²) < 4.78 is 5.05. The van der Waals surface area contributed by atoms with Gasteiger partial charge < -0.3 is 5.32 Å². The Balaban J connectivity index is 1.77. The second-order valence-electron chi connectivity index (χ2n) is 4.58. The zero-order valence-electron chi connectivity index (χ0n) is 10.2. The summed E-state index contributed by atoms with van der Waals surface area (Å²) in [4.78, 5) is 5.52. The summed E-state index contributed by atoms with van der Waals surface area (Å²) >= 11 is 3.16. The van der Waals surface area contributed by atoms with Gasteiger partial charge in [-0.15, -0.1) is 0 Å². The first-order valence-corrected chi connectivity index (χ1v) is 7.68. The van der Waals surface area contributed by atoms with E-state index in [-0.39, 0.29) is 0 Å². The van der Waals surface area contributed by atoms with Crippen LogP contribution in [0.25, 0.3) is 0 Å². The average molecular weight is 277 g/mol. The third-order valence-electron chi connectivity index (χ3n) is 2.91. The van der Waals surface area contributed by atoms with Crippen molar-refractivity contribution in [1.29, 1.82) is 0 Å². The normalized spacial score (nSPS) is 14.9. The fourth-order valence-electron chi connectivity index (χ4n) is 1.79. The lowest BCUT2D eigenvalue weighted by Crippen LogP contribution is -2.15. The number of hydrogen-bond acceptors (Lipinski definition) is 5. The molecule has 1 saturated carbocycles. The van der Waals surface area contributed by atoms with Crippen molar-refractivity contribution in [3.8, 4) is 0 Å². The van der Waals surface area contributed by atoms with Gasteiger partial charge in [-0.25, -0.2) is 4.98 Å². The van der Waals surface area contributed by atoms with Gasteiger partial charge in [-0.05, 0) is 42.9 Å². The SMILES string of the molecule is Cc1ccc(Sc2ncns2)c(CNC2CC2)c1. The summed E-state index contributed by atoms with van der Waals surface area (Å²) in [5, 5.41) is 3.57. The van der Waals surface area contributed by atoms with Crippen LogP contribution in [0.2, 0.25) is 0 Å². The highest BCUT2D eigenvalue weighted by atomic mass is 32.2. The molecule has 3 rings (SSSR count). The van der Waals surface area contributed by atoms with E-state index in [1.54, 1.807) is 18.1 Å². The predicted molar refractivity (Wildman–Crippen MR) is 75.1 cm³/mol. The van der Waals surface area contributed by atoms with Crippen molar-refractivity contribution in [2.24, 2.45) is 0 Å². The van der Waals surface area contributed by atoms with Crippen molar-refractivity contribution in [2.45, 2.75) is 41.6 Å². The molecule has 0 bridgehead atoms. The van der Waals surface area contributed by atoms with Crippen LogP contribution in [0.3, 0.4) is 0 Å². The Kier molecular flexibility index (Phi) is 3.63. The van der Waals surface area contributed by atoms with Gasteiger partial charge in [0.25, 0.3) is 0 Å². The number of nitrogens with one attached hydrogen (secondary N) is 1. The van der Waals surface area contributed by atoms with Crippen molar-refractivity contribution in [3.05, 3.63) is 35.7 Å². The molecule has 0 unspecified atom stereocenters. The standard InChI is InChI=1S/C13H15N3S2/c1-9-2-5-12(17-13-15-8-16-18-13)10(6-9)7-14-11-3-4-11/h2,5-6,8,11,14H,3-4,7H2,1H3. The molecule has 1 fully saturated rings. The predicted octanol–water partition coefficient (Wildman–Crippen LogP) is 3.25. The molecule has 1 aliphatic rings. The van der Waals surface area contributed by atoms with E-state index in [1.807, 2.05) is 0 Å². The van der Waals surface area contributed by atoms with Crippen molar-refractivity contribution >= 4 is 23.3 Å². The minimum atomic E-state index is 0.741. The van der Waals surface area contributed by atoms with Crippen LogP contribution in [0, 0.1) is 6.92 Å². The molecule has 18 heavy (non-hydrogen) atoms. The summed E-state index contributed by atoms with van der Waals surface area (Å²) in [5.41, 5.74) is 2.67. The summed E-state index contributed by atoms with van der Waals surface area (Å²) in [6, 6.07) is 7.35. The topological polar surface area (TPSA) is 37.8 Å². The number of hydrogen-bond donors (Lipinski definition) is 1. The summed E-state index contributed by atoms with van der Waals surface area (Å²) in [6.07, 6.45) is 4.26. The van der Waals surface area contributed by atoms with Crippen LogP contribution in [0.5, 0.6) is 0 Å². The van der Waals surface area contributed by atoms with E-state index in [1.165, 1.54) is 40.4 Å².